The highest BCUT2D eigenvalue weighted by molar-refractivity contribution is 7.89. The molecule has 2 rings (SSSR count). The minimum Gasteiger partial charge on any atom is -0.452 e. The number of hydrogen-bond donors (Lipinski definition) is 0. The van der Waals surface area contributed by atoms with Gasteiger partial charge in [-0.15, -0.1) is 0 Å². The van der Waals surface area contributed by atoms with Crippen LogP contribution in [0.5, 0.6) is 0 Å². The Morgan fingerprint density at radius 1 is 1.07 bits per heavy atom. The molecular formula is C20H30N2O5S. The Balaban J connectivity index is 2.04. The molecule has 7 nitrogen and oxygen atoms in total. The Bertz CT molecular complexity index is 777. The molecule has 28 heavy (non-hydrogen) atoms. The Morgan fingerprint density at radius 2 is 1.61 bits per heavy atom. The summed E-state index contributed by atoms with van der Waals surface area (Å²) in [5.41, 5.74) is 0.215. The first-order chi connectivity index (χ1) is 13.2. The van der Waals surface area contributed by atoms with E-state index in [-0.39, 0.29) is 23.0 Å². The van der Waals surface area contributed by atoms with Crippen LogP contribution in [-0.4, -0.2) is 62.3 Å². The number of likely N-dealkylation sites (N-methyl/N-ethyl adjacent to an activating group) is 1. The summed E-state index contributed by atoms with van der Waals surface area (Å²) in [4.78, 5) is 25.8. The molecule has 156 valence electrons. The summed E-state index contributed by atoms with van der Waals surface area (Å²) in [7, 11) is -3.59. The molecule has 1 amide bonds. The summed E-state index contributed by atoms with van der Waals surface area (Å²) < 4.78 is 32.3. The number of sulfonamides is 1. The van der Waals surface area contributed by atoms with E-state index in [0.29, 0.717) is 38.0 Å². The van der Waals surface area contributed by atoms with Crippen molar-refractivity contribution in [2.75, 3.05) is 32.8 Å². The van der Waals surface area contributed by atoms with Crippen molar-refractivity contribution in [2.24, 2.45) is 11.8 Å². The number of amides is 1. The predicted molar refractivity (Wildman–Crippen MR) is 106 cm³/mol. The minimum atomic E-state index is -3.59. The fourth-order valence-electron chi connectivity index (χ4n) is 3.59. The maximum absolute atomic E-state index is 12.9. The van der Waals surface area contributed by atoms with E-state index < -0.39 is 16.0 Å². The zero-order chi connectivity index (χ0) is 20.9. The summed E-state index contributed by atoms with van der Waals surface area (Å²) in [5, 5.41) is 0. The number of benzene rings is 1. The monoisotopic (exact) mass is 410 g/mol. The van der Waals surface area contributed by atoms with Crippen molar-refractivity contribution in [3.05, 3.63) is 29.8 Å². The molecule has 0 radical (unpaired) electrons. The van der Waals surface area contributed by atoms with E-state index in [2.05, 4.69) is 13.8 Å². The highest BCUT2D eigenvalue weighted by atomic mass is 32.2. The van der Waals surface area contributed by atoms with Crippen molar-refractivity contribution in [1.82, 2.24) is 9.21 Å². The normalized spacial score (nSPS) is 20.6. The van der Waals surface area contributed by atoms with E-state index in [1.54, 1.807) is 4.90 Å². The molecule has 1 saturated heterocycles. The SMILES string of the molecule is CCN(CC)C(=O)COC(=O)c1ccc(S(=O)(=O)N2C[C@@H](C)C[C@H](C)C2)cc1. The Morgan fingerprint density at radius 3 is 2.11 bits per heavy atom. The summed E-state index contributed by atoms with van der Waals surface area (Å²) in [6.45, 7) is 9.59. The topological polar surface area (TPSA) is 84.0 Å². The standard InChI is InChI=1S/C20H30N2O5S/c1-5-21(6-2)19(23)14-27-20(24)17-7-9-18(10-8-17)28(25,26)22-12-15(3)11-16(4)13-22/h7-10,15-16H,5-6,11-14H2,1-4H3/t15-,16-/m0/s1. The van der Waals surface area contributed by atoms with Gasteiger partial charge in [0.2, 0.25) is 10.0 Å². The van der Waals surface area contributed by atoms with Crippen molar-refractivity contribution in [1.29, 1.82) is 0 Å². The first-order valence-electron chi connectivity index (χ1n) is 9.74. The average molecular weight is 411 g/mol. The van der Waals surface area contributed by atoms with Gasteiger partial charge in [0.15, 0.2) is 6.61 Å². The summed E-state index contributed by atoms with van der Waals surface area (Å²) in [5.74, 6) is -0.275. The largest absolute Gasteiger partial charge is 0.452 e. The Labute approximate surface area is 167 Å². The molecule has 1 aromatic carbocycles. The van der Waals surface area contributed by atoms with Crippen molar-refractivity contribution in [3.8, 4) is 0 Å². The predicted octanol–water partition coefficient (Wildman–Crippen LogP) is 2.38. The fraction of sp³-hybridized carbons (Fsp3) is 0.600. The van der Waals surface area contributed by atoms with Gasteiger partial charge in [-0.25, -0.2) is 13.2 Å². The highest BCUT2D eigenvalue weighted by Gasteiger charge is 2.31. The fourth-order valence-corrected chi connectivity index (χ4v) is 5.27. The first-order valence-corrected chi connectivity index (χ1v) is 11.2. The van der Waals surface area contributed by atoms with Gasteiger partial charge in [-0.05, 0) is 56.4 Å². The highest BCUT2D eigenvalue weighted by Crippen LogP contribution is 2.26. The lowest BCUT2D eigenvalue weighted by Crippen LogP contribution is -2.42. The number of esters is 1. The molecule has 0 unspecified atom stereocenters. The van der Waals surface area contributed by atoms with Crippen LogP contribution in [0.3, 0.4) is 0 Å². The van der Waals surface area contributed by atoms with Crippen LogP contribution in [0.15, 0.2) is 29.2 Å². The molecule has 0 aliphatic carbocycles. The van der Waals surface area contributed by atoms with E-state index in [4.69, 9.17) is 4.74 Å². The van der Waals surface area contributed by atoms with E-state index in [0.717, 1.165) is 6.42 Å². The number of piperidine rings is 1. The minimum absolute atomic E-state index is 0.157. The average Bonchev–Trinajstić information content (AvgIpc) is 2.66. The van der Waals surface area contributed by atoms with Gasteiger partial charge < -0.3 is 9.64 Å². The molecule has 0 N–H and O–H groups in total. The molecule has 0 spiro atoms. The van der Waals surface area contributed by atoms with Gasteiger partial charge >= 0.3 is 5.97 Å². The number of carbonyl (C=O) groups excluding carboxylic acids is 2. The van der Waals surface area contributed by atoms with Gasteiger partial charge in [-0.1, -0.05) is 13.8 Å². The first kappa shape index (κ1) is 22.4. The summed E-state index contributed by atoms with van der Waals surface area (Å²) in [6.07, 6.45) is 1.02. The maximum atomic E-state index is 12.9. The Hall–Kier alpha value is -1.93. The number of rotatable bonds is 7. The molecule has 1 aromatic rings. The number of nitrogens with zero attached hydrogens (tertiary/aromatic N) is 2. The molecule has 0 saturated carbocycles. The lowest BCUT2D eigenvalue weighted by Gasteiger charge is -2.34. The number of carbonyl (C=O) groups is 2. The van der Waals surface area contributed by atoms with Crippen LogP contribution >= 0.6 is 0 Å². The summed E-state index contributed by atoms with van der Waals surface area (Å²) in [6, 6.07) is 5.69. The zero-order valence-corrected chi connectivity index (χ0v) is 17.9. The van der Waals surface area contributed by atoms with Crippen LogP contribution in [0.4, 0.5) is 0 Å². The van der Waals surface area contributed by atoms with Crippen LogP contribution in [0, 0.1) is 11.8 Å². The molecule has 8 heteroatoms. The Kier molecular flexibility index (Phi) is 7.60. The lowest BCUT2D eigenvalue weighted by atomic mass is 9.94. The second-order valence-corrected chi connectivity index (χ2v) is 9.37. The van der Waals surface area contributed by atoms with Gasteiger partial charge in [0.1, 0.15) is 0 Å². The smallest absolute Gasteiger partial charge is 0.338 e. The van der Waals surface area contributed by atoms with Crippen molar-refractivity contribution >= 4 is 21.9 Å². The van der Waals surface area contributed by atoms with Crippen molar-refractivity contribution < 1.29 is 22.7 Å². The van der Waals surface area contributed by atoms with E-state index in [1.807, 2.05) is 13.8 Å². The quantitative estimate of drug-likeness (QED) is 0.645. The van der Waals surface area contributed by atoms with Gasteiger partial charge in [-0.3, -0.25) is 4.79 Å². The maximum Gasteiger partial charge on any atom is 0.338 e. The van der Waals surface area contributed by atoms with Crippen LogP contribution in [0.25, 0.3) is 0 Å². The van der Waals surface area contributed by atoms with E-state index in [1.165, 1.54) is 28.6 Å². The van der Waals surface area contributed by atoms with Crippen molar-refractivity contribution in [3.63, 3.8) is 0 Å². The van der Waals surface area contributed by atoms with E-state index >= 15 is 0 Å². The zero-order valence-electron chi connectivity index (χ0n) is 17.1. The van der Waals surface area contributed by atoms with Gasteiger partial charge in [0, 0.05) is 26.2 Å². The van der Waals surface area contributed by atoms with E-state index in [9.17, 15) is 18.0 Å². The molecule has 0 aromatic heterocycles. The van der Waals surface area contributed by atoms with Crippen LogP contribution in [-0.2, 0) is 19.6 Å². The van der Waals surface area contributed by atoms with Crippen LogP contribution in [0.1, 0.15) is 44.5 Å². The third-order valence-corrected chi connectivity index (χ3v) is 6.85. The molecule has 0 bridgehead atoms. The van der Waals surface area contributed by atoms with Crippen LogP contribution < -0.4 is 0 Å². The van der Waals surface area contributed by atoms with Gasteiger partial charge in [-0.2, -0.15) is 4.31 Å². The molecule has 1 aliphatic rings. The van der Waals surface area contributed by atoms with Gasteiger partial charge in [0.25, 0.3) is 5.91 Å². The molecule has 2 atom stereocenters. The number of hydrogen-bond acceptors (Lipinski definition) is 5. The van der Waals surface area contributed by atoms with Crippen LogP contribution in [0.2, 0.25) is 0 Å². The second kappa shape index (κ2) is 9.52. The molecule has 1 heterocycles. The lowest BCUT2D eigenvalue weighted by molar-refractivity contribution is -0.134. The molecule has 1 fully saturated rings. The second-order valence-electron chi connectivity index (χ2n) is 7.43. The third kappa shape index (κ3) is 5.32. The number of ether oxygens (including phenoxy) is 1. The molecule has 1 aliphatic heterocycles. The summed E-state index contributed by atoms with van der Waals surface area (Å²) >= 11 is 0. The van der Waals surface area contributed by atoms with Crippen molar-refractivity contribution in [2.45, 2.75) is 39.0 Å². The molecular weight excluding hydrogens is 380 g/mol. The third-order valence-electron chi connectivity index (χ3n) is 5.01. The van der Waals surface area contributed by atoms with Gasteiger partial charge in [0.05, 0.1) is 10.5 Å².